The minimum Gasteiger partial charge on any atom is -0.507 e. The fourth-order valence-electron chi connectivity index (χ4n) is 1.64. The van der Waals surface area contributed by atoms with Gasteiger partial charge in [0, 0.05) is 22.8 Å². The first-order valence-electron chi connectivity index (χ1n) is 4.60. The molecule has 2 aromatic rings. The zero-order chi connectivity index (χ0) is 10.8. The zero-order valence-corrected chi connectivity index (χ0v) is 7.97. The number of hydrogen-bond donors (Lipinski definition) is 2. The molecule has 15 heavy (non-hydrogen) atoms. The van der Waals surface area contributed by atoms with Crippen LogP contribution in [-0.4, -0.2) is 16.5 Å². The van der Waals surface area contributed by atoms with Crippen LogP contribution in [0, 0.1) is 0 Å². The predicted octanol–water partition coefficient (Wildman–Crippen LogP) is 1.99. The summed E-state index contributed by atoms with van der Waals surface area (Å²) in [6, 6.07) is 8.40. The van der Waals surface area contributed by atoms with Crippen molar-refractivity contribution in [2.45, 2.75) is 6.42 Å². The molecule has 0 atom stereocenters. The summed E-state index contributed by atoms with van der Waals surface area (Å²) >= 11 is 0. The summed E-state index contributed by atoms with van der Waals surface area (Å²) in [4.78, 5) is 10.4. The van der Waals surface area contributed by atoms with E-state index in [9.17, 15) is 15.0 Å². The summed E-state index contributed by atoms with van der Waals surface area (Å²) < 4.78 is 0. The number of phenols is 2. The van der Waals surface area contributed by atoms with E-state index in [0.717, 1.165) is 0 Å². The summed E-state index contributed by atoms with van der Waals surface area (Å²) in [6.45, 7) is 0. The Labute approximate surface area is 86.6 Å². The van der Waals surface area contributed by atoms with Crippen molar-refractivity contribution in [3.63, 3.8) is 0 Å². The van der Waals surface area contributed by atoms with E-state index in [-0.39, 0.29) is 17.9 Å². The maximum atomic E-state index is 10.4. The molecule has 0 radical (unpaired) electrons. The van der Waals surface area contributed by atoms with Crippen molar-refractivity contribution in [3.8, 4) is 11.5 Å². The molecule has 0 unspecified atom stereocenters. The van der Waals surface area contributed by atoms with Gasteiger partial charge < -0.3 is 15.0 Å². The van der Waals surface area contributed by atoms with E-state index < -0.39 is 0 Å². The lowest BCUT2D eigenvalue weighted by molar-refractivity contribution is -0.107. The molecule has 2 rings (SSSR count). The van der Waals surface area contributed by atoms with Gasteiger partial charge in [-0.05, 0) is 6.07 Å². The molecule has 0 aliphatic carbocycles. The second-order valence-electron chi connectivity index (χ2n) is 3.32. The van der Waals surface area contributed by atoms with Crippen molar-refractivity contribution < 1.29 is 15.0 Å². The Hall–Kier alpha value is -2.03. The molecule has 0 saturated heterocycles. The molecule has 0 bridgehead atoms. The molecule has 3 nitrogen and oxygen atoms in total. The number of phenolic OH excluding ortho intramolecular Hbond substituents is 2. The van der Waals surface area contributed by atoms with Crippen LogP contribution in [0.1, 0.15) is 5.56 Å². The third-order valence-electron chi connectivity index (χ3n) is 2.38. The summed E-state index contributed by atoms with van der Waals surface area (Å²) in [5.41, 5.74) is 0.446. The number of benzene rings is 2. The standard InChI is InChI=1S/C12H10O3/c13-6-5-8-7-11(14)9-3-1-2-4-10(9)12(8)15/h1-4,6-7,14-15H,5H2. The molecule has 0 aliphatic rings. The number of carbonyl (C=O) groups is 1. The Balaban J connectivity index is 2.78. The fourth-order valence-corrected chi connectivity index (χ4v) is 1.64. The van der Waals surface area contributed by atoms with Crippen molar-refractivity contribution in [2.24, 2.45) is 0 Å². The van der Waals surface area contributed by atoms with Crippen molar-refractivity contribution in [2.75, 3.05) is 0 Å². The summed E-state index contributed by atoms with van der Waals surface area (Å²) in [5.74, 6) is 0.149. The van der Waals surface area contributed by atoms with Crippen molar-refractivity contribution in [1.29, 1.82) is 0 Å². The van der Waals surface area contributed by atoms with E-state index in [0.29, 0.717) is 22.6 Å². The first-order valence-corrected chi connectivity index (χ1v) is 4.60. The van der Waals surface area contributed by atoms with Crippen LogP contribution < -0.4 is 0 Å². The number of rotatable bonds is 2. The van der Waals surface area contributed by atoms with E-state index in [1.165, 1.54) is 6.07 Å². The molecular formula is C12H10O3. The van der Waals surface area contributed by atoms with Gasteiger partial charge in [-0.2, -0.15) is 0 Å². The largest absolute Gasteiger partial charge is 0.507 e. The third kappa shape index (κ3) is 1.52. The molecule has 0 aliphatic heterocycles. The van der Waals surface area contributed by atoms with Crippen LogP contribution in [0.25, 0.3) is 10.8 Å². The lowest BCUT2D eigenvalue weighted by Crippen LogP contribution is -1.88. The number of hydrogen-bond acceptors (Lipinski definition) is 3. The first kappa shape index (κ1) is 9.52. The SMILES string of the molecule is O=CCc1cc(O)c2ccccc2c1O. The molecule has 2 aromatic carbocycles. The Kier molecular flexibility index (Phi) is 2.29. The average molecular weight is 202 g/mol. The maximum absolute atomic E-state index is 10.4. The van der Waals surface area contributed by atoms with Crippen LogP contribution in [0.4, 0.5) is 0 Å². The highest BCUT2D eigenvalue weighted by Crippen LogP contribution is 2.35. The van der Waals surface area contributed by atoms with E-state index in [1.807, 2.05) is 0 Å². The molecule has 0 saturated carbocycles. The van der Waals surface area contributed by atoms with Gasteiger partial charge in [-0.15, -0.1) is 0 Å². The molecule has 0 aromatic heterocycles. The van der Waals surface area contributed by atoms with E-state index in [4.69, 9.17) is 0 Å². The summed E-state index contributed by atoms with van der Waals surface area (Å²) in [6.07, 6.45) is 0.799. The van der Waals surface area contributed by atoms with Gasteiger partial charge in [0.2, 0.25) is 0 Å². The molecule has 2 N–H and O–H groups in total. The second kappa shape index (κ2) is 3.61. The smallest absolute Gasteiger partial charge is 0.127 e. The number of fused-ring (bicyclic) bond motifs is 1. The Morgan fingerprint density at radius 3 is 2.47 bits per heavy atom. The molecule has 0 fully saturated rings. The van der Waals surface area contributed by atoms with Crippen molar-refractivity contribution in [1.82, 2.24) is 0 Å². The van der Waals surface area contributed by atoms with Crippen molar-refractivity contribution >= 4 is 17.1 Å². The number of carbonyl (C=O) groups excluding carboxylic acids is 1. The van der Waals surface area contributed by atoms with Crippen molar-refractivity contribution in [3.05, 3.63) is 35.9 Å². The quantitative estimate of drug-likeness (QED) is 0.578. The van der Waals surface area contributed by atoms with Gasteiger partial charge in [0.15, 0.2) is 0 Å². The second-order valence-corrected chi connectivity index (χ2v) is 3.32. The van der Waals surface area contributed by atoms with Crippen LogP contribution in [0.2, 0.25) is 0 Å². The molecule has 0 amide bonds. The number of aldehydes is 1. The Morgan fingerprint density at radius 2 is 1.80 bits per heavy atom. The predicted molar refractivity (Wildman–Crippen MR) is 57.0 cm³/mol. The van der Waals surface area contributed by atoms with Gasteiger partial charge in [-0.25, -0.2) is 0 Å². The Bertz CT molecular complexity index is 518. The molecule has 3 heteroatoms. The summed E-state index contributed by atoms with van der Waals surface area (Å²) in [7, 11) is 0. The van der Waals surface area contributed by atoms with Crippen LogP contribution in [0.5, 0.6) is 11.5 Å². The highest BCUT2D eigenvalue weighted by Gasteiger charge is 2.09. The van der Waals surface area contributed by atoms with Crippen LogP contribution >= 0.6 is 0 Å². The molecule has 0 spiro atoms. The monoisotopic (exact) mass is 202 g/mol. The fraction of sp³-hybridized carbons (Fsp3) is 0.0833. The van der Waals surface area contributed by atoms with E-state index >= 15 is 0 Å². The molecule has 76 valence electrons. The zero-order valence-electron chi connectivity index (χ0n) is 7.97. The van der Waals surface area contributed by atoms with Gasteiger partial charge in [0.05, 0.1) is 0 Å². The maximum Gasteiger partial charge on any atom is 0.127 e. The summed E-state index contributed by atoms with van der Waals surface area (Å²) in [5, 5.41) is 20.7. The van der Waals surface area contributed by atoms with Gasteiger partial charge in [0.25, 0.3) is 0 Å². The molecule has 0 heterocycles. The van der Waals surface area contributed by atoms with Crippen LogP contribution in [0.15, 0.2) is 30.3 Å². The lowest BCUT2D eigenvalue weighted by Gasteiger charge is -2.07. The van der Waals surface area contributed by atoms with Gasteiger partial charge >= 0.3 is 0 Å². The van der Waals surface area contributed by atoms with Crippen LogP contribution in [0.3, 0.4) is 0 Å². The highest BCUT2D eigenvalue weighted by atomic mass is 16.3. The van der Waals surface area contributed by atoms with E-state index in [2.05, 4.69) is 0 Å². The normalized spacial score (nSPS) is 10.4. The Morgan fingerprint density at radius 1 is 1.13 bits per heavy atom. The van der Waals surface area contributed by atoms with Crippen LogP contribution in [-0.2, 0) is 11.2 Å². The minimum atomic E-state index is 0.0653. The average Bonchev–Trinajstić information content (AvgIpc) is 2.26. The third-order valence-corrected chi connectivity index (χ3v) is 2.38. The number of aromatic hydroxyl groups is 2. The lowest BCUT2D eigenvalue weighted by atomic mass is 10.0. The highest BCUT2D eigenvalue weighted by molar-refractivity contribution is 5.94. The topological polar surface area (TPSA) is 57.5 Å². The van der Waals surface area contributed by atoms with Gasteiger partial charge in [0.1, 0.15) is 17.8 Å². The minimum absolute atomic E-state index is 0.0653. The van der Waals surface area contributed by atoms with Gasteiger partial charge in [-0.1, -0.05) is 24.3 Å². The van der Waals surface area contributed by atoms with Gasteiger partial charge in [-0.3, -0.25) is 0 Å². The van der Waals surface area contributed by atoms with E-state index in [1.54, 1.807) is 24.3 Å². The molecular weight excluding hydrogens is 192 g/mol. The first-order chi connectivity index (χ1) is 7.24.